The lowest BCUT2D eigenvalue weighted by atomic mass is 10.1. The van der Waals surface area contributed by atoms with Crippen molar-refractivity contribution in [3.05, 3.63) is 35.4 Å². The Labute approximate surface area is 116 Å². The molecule has 0 aliphatic carbocycles. The first-order chi connectivity index (χ1) is 9.51. The quantitative estimate of drug-likeness (QED) is 0.881. The SMILES string of the molecule is COC1CNC(C(=O)NC(C)c2ccc(F)cc2F)C1. The highest BCUT2D eigenvalue weighted by Crippen LogP contribution is 2.18. The van der Waals surface area contributed by atoms with E-state index >= 15 is 0 Å². The molecule has 3 atom stereocenters. The molecule has 1 aliphatic heterocycles. The molecule has 1 fully saturated rings. The summed E-state index contributed by atoms with van der Waals surface area (Å²) < 4.78 is 31.6. The van der Waals surface area contributed by atoms with Crippen LogP contribution in [0.3, 0.4) is 0 Å². The van der Waals surface area contributed by atoms with E-state index in [-0.39, 0.29) is 23.6 Å². The Morgan fingerprint density at radius 3 is 2.85 bits per heavy atom. The predicted octanol–water partition coefficient (Wildman–Crippen LogP) is 1.52. The van der Waals surface area contributed by atoms with E-state index in [0.717, 1.165) is 6.07 Å². The van der Waals surface area contributed by atoms with Gasteiger partial charge in [0.2, 0.25) is 5.91 Å². The van der Waals surface area contributed by atoms with Crippen molar-refractivity contribution in [3.63, 3.8) is 0 Å². The average Bonchev–Trinajstić information content (AvgIpc) is 2.87. The number of hydrogen-bond acceptors (Lipinski definition) is 3. The summed E-state index contributed by atoms with van der Waals surface area (Å²) in [6.45, 7) is 2.28. The van der Waals surface area contributed by atoms with Gasteiger partial charge in [-0.3, -0.25) is 4.79 Å². The van der Waals surface area contributed by atoms with Gasteiger partial charge in [-0.25, -0.2) is 8.78 Å². The lowest BCUT2D eigenvalue weighted by molar-refractivity contribution is -0.123. The average molecular weight is 284 g/mol. The number of benzene rings is 1. The molecule has 0 saturated carbocycles. The van der Waals surface area contributed by atoms with E-state index in [4.69, 9.17) is 4.74 Å². The number of rotatable bonds is 4. The van der Waals surface area contributed by atoms with Crippen LogP contribution in [0.2, 0.25) is 0 Å². The third-order valence-electron chi connectivity index (χ3n) is 3.53. The van der Waals surface area contributed by atoms with Crippen molar-refractivity contribution in [2.24, 2.45) is 0 Å². The second kappa shape index (κ2) is 6.28. The molecule has 0 radical (unpaired) electrons. The summed E-state index contributed by atoms with van der Waals surface area (Å²) >= 11 is 0. The van der Waals surface area contributed by atoms with Gasteiger partial charge in [0.25, 0.3) is 0 Å². The van der Waals surface area contributed by atoms with Gasteiger partial charge in [0, 0.05) is 25.3 Å². The molecule has 20 heavy (non-hydrogen) atoms. The zero-order valence-corrected chi connectivity index (χ0v) is 11.5. The molecular formula is C14H18F2N2O2. The van der Waals surface area contributed by atoms with E-state index in [9.17, 15) is 13.6 Å². The number of hydrogen-bond donors (Lipinski definition) is 2. The van der Waals surface area contributed by atoms with Crippen molar-refractivity contribution >= 4 is 5.91 Å². The molecule has 2 rings (SSSR count). The number of nitrogens with one attached hydrogen (secondary N) is 2. The molecular weight excluding hydrogens is 266 g/mol. The second-order valence-corrected chi connectivity index (χ2v) is 4.95. The van der Waals surface area contributed by atoms with Crippen LogP contribution in [0.15, 0.2) is 18.2 Å². The molecule has 1 aliphatic rings. The third-order valence-corrected chi connectivity index (χ3v) is 3.53. The van der Waals surface area contributed by atoms with E-state index in [1.807, 2.05) is 0 Å². The maximum Gasteiger partial charge on any atom is 0.237 e. The van der Waals surface area contributed by atoms with Gasteiger partial charge in [-0.05, 0) is 19.4 Å². The molecule has 6 heteroatoms. The van der Waals surface area contributed by atoms with Gasteiger partial charge in [-0.1, -0.05) is 6.07 Å². The monoisotopic (exact) mass is 284 g/mol. The van der Waals surface area contributed by atoms with Gasteiger partial charge in [-0.2, -0.15) is 0 Å². The molecule has 1 amide bonds. The molecule has 0 spiro atoms. The molecule has 1 aromatic rings. The normalized spacial score (nSPS) is 23.6. The zero-order chi connectivity index (χ0) is 14.7. The lowest BCUT2D eigenvalue weighted by Gasteiger charge is -2.18. The van der Waals surface area contributed by atoms with Crippen molar-refractivity contribution in [1.82, 2.24) is 10.6 Å². The molecule has 3 unspecified atom stereocenters. The molecule has 4 nitrogen and oxygen atoms in total. The smallest absolute Gasteiger partial charge is 0.237 e. The van der Waals surface area contributed by atoms with Crippen LogP contribution in [0.25, 0.3) is 0 Å². The first kappa shape index (κ1) is 14.9. The number of carbonyl (C=O) groups is 1. The minimum atomic E-state index is -0.660. The van der Waals surface area contributed by atoms with Gasteiger partial charge < -0.3 is 15.4 Å². The van der Waals surface area contributed by atoms with E-state index in [2.05, 4.69) is 10.6 Å². The van der Waals surface area contributed by atoms with E-state index in [0.29, 0.717) is 13.0 Å². The summed E-state index contributed by atoms with van der Waals surface area (Å²) in [6, 6.07) is 2.47. The Bertz CT molecular complexity index is 496. The van der Waals surface area contributed by atoms with Crippen molar-refractivity contribution in [1.29, 1.82) is 0 Å². The van der Waals surface area contributed by atoms with Crippen LogP contribution in [0.1, 0.15) is 24.9 Å². The van der Waals surface area contributed by atoms with E-state index in [1.165, 1.54) is 12.1 Å². The van der Waals surface area contributed by atoms with Crippen molar-refractivity contribution in [2.45, 2.75) is 31.5 Å². The van der Waals surface area contributed by atoms with Crippen LogP contribution in [0.5, 0.6) is 0 Å². The predicted molar refractivity (Wildman–Crippen MR) is 70.1 cm³/mol. The molecule has 1 aromatic carbocycles. The van der Waals surface area contributed by atoms with Crippen LogP contribution < -0.4 is 10.6 Å². The van der Waals surface area contributed by atoms with Crippen LogP contribution in [0, 0.1) is 11.6 Å². The molecule has 110 valence electrons. The zero-order valence-electron chi connectivity index (χ0n) is 11.5. The van der Waals surface area contributed by atoms with Crippen molar-refractivity contribution in [3.8, 4) is 0 Å². The minimum Gasteiger partial charge on any atom is -0.380 e. The first-order valence-electron chi connectivity index (χ1n) is 6.52. The summed E-state index contributed by atoms with van der Waals surface area (Å²) in [4.78, 5) is 12.0. The summed E-state index contributed by atoms with van der Waals surface area (Å²) in [5.41, 5.74) is 0.265. The summed E-state index contributed by atoms with van der Waals surface area (Å²) in [5, 5.41) is 5.77. The van der Waals surface area contributed by atoms with Crippen molar-refractivity contribution in [2.75, 3.05) is 13.7 Å². The Balaban J connectivity index is 1.97. The first-order valence-corrected chi connectivity index (χ1v) is 6.52. The highest BCUT2D eigenvalue weighted by atomic mass is 19.1. The molecule has 1 saturated heterocycles. The number of methoxy groups -OCH3 is 1. The molecule has 0 aromatic heterocycles. The standard InChI is InChI=1S/C14H18F2N2O2/c1-8(11-4-3-9(15)5-12(11)16)18-14(19)13-6-10(20-2)7-17-13/h3-5,8,10,13,17H,6-7H2,1-2H3,(H,18,19). The summed E-state index contributed by atoms with van der Waals surface area (Å²) in [6.07, 6.45) is 0.602. The Hall–Kier alpha value is -1.53. The number of ether oxygens (including phenoxy) is 1. The van der Waals surface area contributed by atoms with Crippen LogP contribution in [-0.4, -0.2) is 31.7 Å². The van der Waals surface area contributed by atoms with Crippen LogP contribution in [-0.2, 0) is 9.53 Å². The van der Waals surface area contributed by atoms with Crippen LogP contribution >= 0.6 is 0 Å². The van der Waals surface area contributed by atoms with Gasteiger partial charge in [0.1, 0.15) is 11.6 Å². The largest absolute Gasteiger partial charge is 0.380 e. The second-order valence-electron chi connectivity index (χ2n) is 4.95. The van der Waals surface area contributed by atoms with Gasteiger partial charge >= 0.3 is 0 Å². The fraction of sp³-hybridized carbons (Fsp3) is 0.500. The highest BCUT2D eigenvalue weighted by molar-refractivity contribution is 5.82. The maximum absolute atomic E-state index is 13.6. The van der Waals surface area contributed by atoms with E-state index < -0.39 is 17.7 Å². The Morgan fingerprint density at radius 1 is 1.50 bits per heavy atom. The Kier molecular flexibility index (Phi) is 4.67. The number of amides is 1. The molecule has 0 bridgehead atoms. The molecule has 1 heterocycles. The van der Waals surface area contributed by atoms with Gasteiger partial charge in [-0.15, -0.1) is 0 Å². The third kappa shape index (κ3) is 3.32. The number of carbonyl (C=O) groups excluding carboxylic acids is 1. The Morgan fingerprint density at radius 2 is 2.25 bits per heavy atom. The van der Waals surface area contributed by atoms with Gasteiger partial charge in [0.15, 0.2) is 0 Å². The highest BCUT2D eigenvalue weighted by Gasteiger charge is 2.30. The van der Waals surface area contributed by atoms with Crippen LogP contribution in [0.4, 0.5) is 8.78 Å². The minimum absolute atomic E-state index is 0.0172. The fourth-order valence-electron chi connectivity index (χ4n) is 2.33. The lowest BCUT2D eigenvalue weighted by Crippen LogP contribution is -2.41. The number of halogens is 2. The molecule has 2 N–H and O–H groups in total. The van der Waals surface area contributed by atoms with Gasteiger partial charge in [0.05, 0.1) is 18.2 Å². The van der Waals surface area contributed by atoms with E-state index in [1.54, 1.807) is 14.0 Å². The fourth-order valence-corrected chi connectivity index (χ4v) is 2.33. The van der Waals surface area contributed by atoms with Crippen molar-refractivity contribution < 1.29 is 18.3 Å². The maximum atomic E-state index is 13.6. The summed E-state index contributed by atoms with van der Waals surface area (Å²) in [5.74, 6) is -1.50. The summed E-state index contributed by atoms with van der Waals surface area (Å²) in [7, 11) is 1.60. The topological polar surface area (TPSA) is 50.4 Å².